The molecule has 0 spiro atoms. The number of aromatic nitrogens is 4. The van der Waals surface area contributed by atoms with Gasteiger partial charge in [-0.3, -0.25) is 4.68 Å². The number of aryl methyl sites for hydroxylation is 2. The van der Waals surface area contributed by atoms with Crippen LogP contribution in [0.1, 0.15) is 48.7 Å². The predicted molar refractivity (Wildman–Crippen MR) is 87.0 cm³/mol. The summed E-state index contributed by atoms with van der Waals surface area (Å²) in [7, 11) is 1.94. The summed E-state index contributed by atoms with van der Waals surface area (Å²) >= 11 is 3.57. The summed E-state index contributed by atoms with van der Waals surface area (Å²) in [5.41, 5.74) is 10.2. The fourth-order valence-corrected chi connectivity index (χ4v) is 3.66. The lowest BCUT2D eigenvalue weighted by Gasteiger charge is -2.14. The van der Waals surface area contributed by atoms with Gasteiger partial charge in [-0.15, -0.1) is 0 Å². The predicted octanol–water partition coefficient (Wildman–Crippen LogP) is 3.50. The van der Waals surface area contributed by atoms with Gasteiger partial charge in [0.1, 0.15) is 5.82 Å². The first kappa shape index (κ1) is 14.5. The average Bonchev–Trinajstić information content (AvgIpc) is 3.03. The number of anilines is 1. The molecule has 0 atom stereocenters. The molecule has 1 aliphatic rings. The fraction of sp³-hybridized carbons (Fsp3) is 0.533. The molecule has 2 aromatic rings. The molecule has 0 aromatic carbocycles. The Hall–Kier alpha value is -1.43. The zero-order valence-corrected chi connectivity index (χ0v) is 14.2. The first-order valence-electron chi connectivity index (χ1n) is 7.32. The van der Waals surface area contributed by atoms with Crippen molar-refractivity contribution >= 4 is 21.7 Å². The SMILES string of the molecule is Cc1nn(C)c(C)c1-c1nc(N)c(Br)c(C2CCCC2)n1. The van der Waals surface area contributed by atoms with E-state index in [1.54, 1.807) is 0 Å². The fourth-order valence-electron chi connectivity index (χ4n) is 3.16. The first-order valence-corrected chi connectivity index (χ1v) is 8.11. The molecule has 112 valence electrons. The molecule has 0 bridgehead atoms. The second-order valence-electron chi connectivity index (χ2n) is 5.78. The number of halogens is 1. The van der Waals surface area contributed by atoms with E-state index in [2.05, 4.69) is 26.0 Å². The van der Waals surface area contributed by atoms with Gasteiger partial charge in [-0.2, -0.15) is 5.10 Å². The Bertz CT molecular complexity index is 686. The van der Waals surface area contributed by atoms with Crippen LogP contribution in [0.5, 0.6) is 0 Å². The van der Waals surface area contributed by atoms with Crippen molar-refractivity contribution in [2.75, 3.05) is 5.73 Å². The molecule has 2 N–H and O–H groups in total. The Balaban J connectivity index is 2.15. The summed E-state index contributed by atoms with van der Waals surface area (Å²) < 4.78 is 2.72. The summed E-state index contributed by atoms with van der Waals surface area (Å²) in [4.78, 5) is 9.31. The molecule has 0 unspecified atom stereocenters. The highest BCUT2D eigenvalue weighted by Crippen LogP contribution is 2.39. The molecule has 2 heterocycles. The van der Waals surface area contributed by atoms with Crippen LogP contribution in [0.4, 0.5) is 5.82 Å². The molecular weight excluding hydrogens is 330 g/mol. The second-order valence-corrected chi connectivity index (χ2v) is 6.58. The van der Waals surface area contributed by atoms with Gasteiger partial charge in [0, 0.05) is 18.7 Å². The van der Waals surface area contributed by atoms with Crippen molar-refractivity contribution in [2.45, 2.75) is 45.4 Å². The highest BCUT2D eigenvalue weighted by atomic mass is 79.9. The lowest BCUT2D eigenvalue weighted by Crippen LogP contribution is -2.06. The van der Waals surface area contributed by atoms with Crippen LogP contribution in [0.15, 0.2) is 4.47 Å². The number of nitrogens with zero attached hydrogens (tertiary/aromatic N) is 4. The smallest absolute Gasteiger partial charge is 0.165 e. The van der Waals surface area contributed by atoms with Crippen LogP contribution >= 0.6 is 15.9 Å². The topological polar surface area (TPSA) is 69.6 Å². The van der Waals surface area contributed by atoms with Crippen molar-refractivity contribution in [1.29, 1.82) is 0 Å². The van der Waals surface area contributed by atoms with E-state index in [1.807, 2.05) is 25.6 Å². The Morgan fingerprint density at radius 2 is 1.86 bits per heavy atom. The average molecular weight is 350 g/mol. The van der Waals surface area contributed by atoms with Crippen molar-refractivity contribution in [1.82, 2.24) is 19.7 Å². The largest absolute Gasteiger partial charge is 0.383 e. The van der Waals surface area contributed by atoms with Gasteiger partial charge in [-0.05, 0) is 42.6 Å². The van der Waals surface area contributed by atoms with Crippen molar-refractivity contribution in [2.24, 2.45) is 7.05 Å². The summed E-state index contributed by atoms with van der Waals surface area (Å²) in [6.07, 6.45) is 4.89. The first-order chi connectivity index (χ1) is 9.99. The van der Waals surface area contributed by atoms with Gasteiger partial charge >= 0.3 is 0 Å². The highest BCUT2D eigenvalue weighted by Gasteiger charge is 2.25. The minimum Gasteiger partial charge on any atom is -0.383 e. The van der Waals surface area contributed by atoms with Crippen LogP contribution in [-0.2, 0) is 7.05 Å². The Morgan fingerprint density at radius 1 is 1.19 bits per heavy atom. The summed E-state index contributed by atoms with van der Waals surface area (Å²) in [6, 6.07) is 0. The van der Waals surface area contributed by atoms with Crippen molar-refractivity contribution in [3.8, 4) is 11.4 Å². The minimum absolute atomic E-state index is 0.487. The second kappa shape index (κ2) is 5.40. The van der Waals surface area contributed by atoms with Gasteiger partial charge in [0.05, 0.1) is 21.4 Å². The van der Waals surface area contributed by atoms with Crippen LogP contribution in [-0.4, -0.2) is 19.7 Å². The Labute approximate surface area is 133 Å². The molecule has 0 amide bonds. The maximum absolute atomic E-state index is 6.11. The third-order valence-electron chi connectivity index (χ3n) is 4.38. The van der Waals surface area contributed by atoms with Gasteiger partial charge < -0.3 is 5.73 Å². The molecule has 2 aromatic heterocycles. The van der Waals surface area contributed by atoms with Crippen LogP contribution < -0.4 is 5.73 Å². The number of hydrogen-bond donors (Lipinski definition) is 1. The molecule has 1 fully saturated rings. The van der Waals surface area contributed by atoms with Gasteiger partial charge in [0.2, 0.25) is 0 Å². The van der Waals surface area contributed by atoms with Crippen molar-refractivity contribution in [3.63, 3.8) is 0 Å². The van der Waals surface area contributed by atoms with E-state index in [4.69, 9.17) is 10.7 Å². The van der Waals surface area contributed by atoms with Crippen LogP contribution in [0.2, 0.25) is 0 Å². The third kappa shape index (κ3) is 2.46. The van der Waals surface area contributed by atoms with E-state index < -0.39 is 0 Å². The number of rotatable bonds is 2. The van der Waals surface area contributed by atoms with E-state index in [1.165, 1.54) is 25.7 Å². The number of nitrogen functional groups attached to an aromatic ring is 1. The van der Waals surface area contributed by atoms with Crippen LogP contribution in [0, 0.1) is 13.8 Å². The standard InChI is InChI=1S/C15H20BrN5/c1-8-11(9(2)21(3)20-8)15-18-13(10-6-4-5-7-10)12(16)14(17)19-15/h10H,4-7H2,1-3H3,(H2,17,18,19). The molecule has 0 aliphatic heterocycles. The zero-order chi connectivity index (χ0) is 15.1. The lowest BCUT2D eigenvalue weighted by atomic mass is 10.0. The van der Waals surface area contributed by atoms with E-state index in [-0.39, 0.29) is 0 Å². The molecule has 1 saturated carbocycles. The normalized spacial score (nSPS) is 15.8. The number of nitrogens with two attached hydrogens (primary N) is 1. The maximum atomic E-state index is 6.11. The van der Waals surface area contributed by atoms with Crippen LogP contribution in [0.25, 0.3) is 11.4 Å². The summed E-state index contributed by atoms with van der Waals surface area (Å²) in [6.45, 7) is 4.02. The maximum Gasteiger partial charge on any atom is 0.165 e. The molecule has 0 radical (unpaired) electrons. The molecule has 5 nitrogen and oxygen atoms in total. The van der Waals surface area contributed by atoms with E-state index in [9.17, 15) is 0 Å². The highest BCUT2D eigenvalue weighted by molar-refractivity contribution is 9.10. The van der Waals surface area contributed by atoms with Gasteiger partial charge in [-0.1, -0.05) is 12.8 Å². The molecule has 6 heteroatoms. The molecule has 1 aliphatic carbocycles. The van der Waals surface area contributed by atoms with E-state index in [0.29, 0.717) is 17.6 Å². The molecule has 3 rings (SSSR count). The monoisotopic (exact) mass is 349 g/mol. The van der Waals surface area contributed by atoms with E-state index >= 15 is 0 Å². The molecule has 0 saturated heterocycles. The van der Waals surface area contributed by atoms with Gasteiger partial charge in [0.15, 0.2) is 5.82 Å². The Morgan fingerprint density at radius 3 is 2.43 bits per heavy atom. The van der Waals surface area contributed by atoms with Crippen LogP contribution in [0.3, 0.4) is 0 Å². The molecule has 21 heavy (non-hydrogen) atoms. The zero-order valence-electron chi connectivity index (χ0n) is 12.6. The Kier molecular flexibility index (Phi) is 3.73. The van der Waals surface area contributed by atoms with Gasteiger partial charge in [-0.25, -0.2) is 9.97 Å². The van der Waals surface area contributed by atoms with E-state index in [0.717, 1.165) is 27.1 Å². The number of hydrogen-bond acceptors (Lipinski definition) is 4. The minimum atomic E-state index is 0.487. The summed E-state index contributed by atoms with van der Waals surface area (Å²) in [5.74, 6) is 1.70. The molecular formula is C15H20BrN5. The quantitative estimate of drug-likeness (QED) is 0.900. The van der Waals surface area contributed by atoms with Gasteiger partial charge in [0.25, 0.3) is 0 Å². The van der Waals surface area contributed by atoms with Crippen molar-refractivity contribution < 1.29 is 0 Å². The third-order valence-corrected chi connectivity index (χ3v) is 5.19. The lowest BCUT2D eigenvalue weighted by molar-refractivity contribution is 0.691. The van der Waals surface area contributed by atoms with Crippen molar-refractivity contribution in [3.05, 3.63) is 21.6 Å². The summed E-state index contributed by atoms with van der Waals surface area (Å²) in [5, 5.41) is 4.45.